The molecule has 1 aliphatic carbocycles. The van der Waals surface area contributed by atoms with Crippen molar-refractivity contribution >= 4 is 16.9 Å². The molecular formula is C15H26N2OS. The number of nitrogens with one attached hydrogen (secondary N) is 1. The van der Waals surface area contributed by atoms with Crippen LogP contribution in [0, 0.1) is 5.92 Å². The Balaban J connectivity index is 1.64. The first-order valence-electron chi connectivity index (χ1n) is 7.84. The van der Waals surface area contributed by atoms with E-state index in [4.69, 9.17) is 9.73 Å². The van der Waals surface area contributed by atoms with Crippen molar-refractivity contribution in [2.75, 3.05) is 19.0 Å². The van der Waals surface area contributed by atoms with E-state index in [-0.39, 0.29) is 5.54 Å². The van der Waals surface area contributed by atoms with Gasteiger partial charge in [-0.1, -0.05) is 37.9 Å². The molecule has 2 saturated heterocycles. The molecule has 3 nitrogen and oxygen atoms in total. The van der Waals surface area contributed by atoms with Gasteiger partial charge in [-0.25, -0.2) is 0 Å². The minimum Gasteiger partial charge on any atom is -0.381 e. The molecule has 19 heavy (non-hydrogen) atoms. The average molecular weight is 282 g/mol. The molecule has 0 radical (unpaired) electrons. The second-order valence-electron chi connectivity index (χ2n) is 6.42. The summed E-state index contributed by atoms with van der Waals surface area (Å²) >= 11 is 1.93. The zero-order valence-corrected chi connectivity index (χ0v) is 12.8. The number of ether oxygens (including phenoxy) is 1. The van der Waals surface area contributed by atoms with Crippen LogP contribution in [0.25, 0.3) is 0 Å². The lowest BCUT2D eigenvalue weighted by Crippen LogP contribution is -2.48. The number of aliphatic imine (C=N–C) groups is 1. The van der Waals surface area contributed by atoms with Gasteiger partial charge in [0.05, 0.1) is 11.6 Å². The SMILES string of the molecule is CC1CCCCCC1N=C1NC2(CCOCC2)CS1. The van der Waals surface area contributed by atoms with Gasteiger partial charge in [0, 0.05) is 19.0 Å². The summed E-state index contributed by atoms with van der Waals surface area (Å²) in [4.78, 5) is 5.05. The standard InChI is InChI=1S/C15H26N2OS/c1-12-5-3-2-4-6-13(12)16-14-17-15(11-19-14)7-9-18-10-8-15/h12-13H,2-11H2,1H3,(H,16,17). The molecule has 0 aromatic heterocycles. The lowest BCUT2D eigenvalue weighted by molar-refractivity contribution is 0.0555. The Morgan fingerprint density at radius 3 is 2.84 bits per heavy atom. The van der Waals surface area contributed by atoms with Crippen LogP contribution in [0.15, 0.2) is 4.99 Å². The van der Waals surface area contributed by atoms with E-state index in [0.29, 0.717) is 6.04 Å². The molecule has 0 aromatic carbocycles. The van der Waals surface area contributed by atoms with Gasteiger partial charge in [0.1, 0.15) is 0 Å². The summed E-state index contributed by atoms with van der Waals surface area (Å²) < 4.78 is 5.49. The van der Waals surface area contributed by atoms with Crippen molar-refractivity contribution in [2.24, 2.45) is 10.9 Å². The zero-order chi connectivity index (χ0) is 13.1. The first kappa shape index (κ1) is 13.7. The number of thioether (sulfide) groups is 1. The van der Waals surface area contributed by atoms with Gasteiger partial charge in [0.25, 0.3) is 0 Å². The first-order valence-corrected chi connectivity index (χ1v) is 8.83. The Bertz CT molecular complexity index is 339. The highest BCUT2D eigenvalue weighted by molar-refractivity contribution is 8.14. The normalized spacial score (nSPS) is 37.2. The van der Waals surface area contributed by atoms with Gasteiger partial charge in [-0.05, 0) is 31.6 Å². The third-order valence-electron chi connectivity index (χ3n) is 4.91. The fourth-order valence-corrected chi connectivity index (χ4v) is 4.69. The average Bonchev–Trinajstić information content (AvgIpc) is 2.68. The molecular weight excluding hydrogens is 256 g/mol. The van der Waals surface area contributed by atoms with Crippen LogP contribution in [-0.2, 0) is 4.74 Å². The van der Waals surface area contributed by atoms with E-state index in [1.807, 2.05) is 11.8 Å². The predicted molar refractivity (Wildman–Crippen MR) is 81.8 cm³/mol. The summed E-state index contributed by atoms with van der Waals surface area (Å²) in [6, 6.07) is 0.549. The summed E-state index contributed by atoms with van der Waals surface area (Å²) in [5.74, 6) is 1.93. The van der Waals surface area contributed by atoms with Crippen molar-refractivity contribution in [3.8, 4) is 0 Å². The van der Waals surface area contributed by atoms with Crippen LogP contribution in [0.2, 0.25) is 0 Å². The number of nitrogens with zero attached hydrogens (tertiary/aromatic N) is 1. The van der Waals surface area contributed by atoms with Crippen LogP contribution in [0.3, 0.4) is 0 Å². The summed E-state index contributed by atoms with van der Waals surface area (Å²) in [5, 5.41) is 4.94. The molecule has 2 atom stereocenters. The van der Waals surface area contributed by atoms with Crippen LogP contribution >= 0.6 is 11.8 Å². The smallest absolute Gasteiger partial charge is 0.157 e. The van der Waals surface area contributed by atoms with Crippen molar-refractivity contribution in [3.63, 3.8) is 0 Å². The van der Waals surface area contributed by atoms with E-state index < -0.39 is 0 Å². The summed E-state index contributed by atoms with van der Waals surface area (Å²) in [5.41, 5.74) is 0.287. The van der Waals surface area contributed by atoms with Gasteiger partial charge < -0.3 is 10.1 Å². The van der Waals surface area contributed by atoms with Crippen molar-refractivity contribution in [1.82, 2.24) is 5.32 Å². The van der Waals surface area contributed by atoms with Crippen LogP contribution in [0.1, 0.15) is 51.9 Å². The molecule has 2 unspecified atom stereocenters. The minimum absolute atomic E-state index is 0.287. The number of amidine groups is 1. The molecule has 0 bridgehead atoms. The lowest BCUT2D eigenvalue weighted by atomic mass is 9.93. The second-order valence-corrected chi connectivity index (χ2v) is 7.39. The van der Waals surface area contributed by atoms with E-state index >= 15 is 0 Å². The molecule has 1 spiro atoms. The van der Waals surface area contributed by atoms with Gasteiger partial charge in [-0.2, -0.15) is 0 Å². The van der Waals surface area contributed by atoms with Crippen LogP contribution in [0.4, 0.5) is 0 Å². The summed E-state index contributed by atoms with van der Waals surface area (Å²) in [7, 11) is 0. The molecule has 1 N–H and O–H groups in total. The Kier molecular flexibility index (Phi) is 4.37. The fraction of sp³-hybridized carbons (Fsp3) is 0.933. The maximum absolute atomic E-state index is 5.49. The van der Waals surface area contributed by atoms with Crippen molar-refractivity contribution in [3.05, 3.63) is 0 Å². The Morgan fingerprint density at radius 1 is 1.21 bits per heavy atom. The number of hydrogen-bond acceptors (Lipinski definition) is 3. The van der Waals surface area contributed by atoms with E-state index in [1.165, 1.54) is 43.0 Å². The molecule has 108 valence electrons. The minimum atomic E-state index is 0.287. The quantitative estimate of drug-likeness (QED) is 0.750. The molecule has 4 heteroatoms. The Morgan fingerprint density at radius 2 is 2.00 bits per heavy atom. The molecule has 2 aliphatic heterocycles. The van der Waals surface area contributed by atoms with E-state index in [0.717, 1.165) is 32.0 Å². The number of rotatable bonds is 1. The fourth-order valence-electron chi connectivity index (χ4n) is 3.42. The van der Waals surface area contributed by atoms with E-state index in [9.17, 15) is 0 Å². The number of hydrogen-bond donors (Lipinski definition) is 1. The van der Waals surface area contributed by atoms with Crippen molar-refractivity contribution in [2.45, 2.75) is 63.5 Å². The molecule has 3 fully saturated rings. The summed E-state index contributed by atoms with van der Waals surface area (Å²) in [6.45, 7) is 4.19. The van der Waals surface area contributed by atoms with Gasteiger partial charge in [-0.15, -0.1) is 0 Å². The highest BCUT2D eigenvalue weighted by atomic mass is 32.2. The molecule has 3 aliphatic rings. The van der Waals surface area contributed by atoms with E-state index in [2.05, 4.69) is 12.2 Å². The third kappa shape index (κ3) is 3.27. The molecule has 0 aromatic rings. The molecule has 2 heterocycles. The Hall–Kier alpha value is -0.220. The van der Waals surface area contributed by atoms with Gasteiger partial charge in [0.2, 0.25) is 0 Å². The van der Waals surface area contributed by atoms with Crippen LogP contribution in [-0.4, -0.2) is 35.7 Å². The largest absolute Gasteiger partial charge is 0.381 e. The lowest BCUT2D eigenvalue weighted by Gasteiger charge is -2.32. The highest BCUT2D eigenvalue weighted by Crippen LogP contribution is 2.33. The van der Waals surface area contributed by atoms with E-state index in [1.54, 1.807) is 0 Å². The van der Waals surface area contributed by atoms with Crippen LogP contribution < -0.4 is 5.32 Å². The van der Waals surface area contributed by atoms with Crippen molar-refractivity contribution < 1.29 is 4.74 Å². The third-order valence-corrected chi connectivity index (χ3v) is 6.08. The first-order chi connectivity index (χ1) is 9.27. The van der Waals surface area contributed by atoms with Crippen molar-refractivity contribution in [1.29, 1.82) is 0 Å². The zero-order valence-electron chi connectivity index (χ0n) is 12.0. The van der Waals surface area contributed by atoms with Crippen LogP contribution in [0.5, 0.6) is 0 Å². The summed E-state index contributed by atoms with van der Waals surface area (Å²) in [6.07, 6.45) is 9.06. The topological polar surface area (TPSA) is 33.6 Å². The molecule has 3 rings (SSSR count). The van der Waals surface area contributed by atoms with Gasteiger partial charge >= 0.3 is 0 Å². The highest BCUT2D eigenvalue weighted by Gasteiger charge is 2.39. The maximum atomic E-state index is 5.49. The van der Waals surface area contributed by atoms with Gasteiger partial charge in [0.15, 0.2) is 5.17 Å². The molecule has 0 amide bonds. The van der Waals surface area contributed by atoms with Gasteiger partial charge in [-0.3, -0.25) is 4.99 Å². The predicted octanol–water partition coefficient (Wildman–Crippen LogP) is 3.20. The molecule has 1 saturated carbocycles. The monoisotopic (exact) mass is 282 g/mol. The second kappa shape index (κ2) is 6.04. The Labute approximate surface area is 121 Å². The maximum Gasteiger partial charge on any atom is 0.157 e.